The van der Waals surface area contributed by atoms with Crippen molar-refractivity contribution in [2.24, 2.45) is 5.73 Å². The van der Waals surface area contributed by atoms with Gasteiger partial charge in [-0.2, -0.15) is 0 Å². The van der Waals surface area contributed by atoms with E-state index >= 15 is 0 Å². The van der Waals surface area contributed by atoms with Crippen LogP contribution in [0.2, 0.25) is 0 Å². The van der Waals surface area contributed by atoms with Crippen molar-refractivity contribution in [3.05, 3.63) is 29.8 Å². The van der Waals surface area contributed by atoms with Gasteiger partial charge in [0.05, 0.1) is 12.7 Å². The Labute approximate surface area is 119 Å². The highest BCUT2D eigenvalue weighted by atomic mass is 16.5. The van der Waals surface area contributed by atoms with Gasteiger partial charge in [0.25, 0.3) is 0 Å². The molecule has 0 spiro atoms. The third-order valence-corrected chi connectivity index (χ3v) is 3.06. The van der Waals surface area contributed by atoms with Crippen LogP contribution in [0.1, 0.15) is 25.8 Å². The van der Waals surface area contributed by atoms with Crippen molar-refractivity contribution in [3.8, 4) is 5.75 Å². The van der Waals surface area contributed by atoms with Crippen LogP contribution in [0.15, 0.2) is 24.3 Å². The summed E-state index contributed by atoms with van der Waals surface area (Å²) in [7, 11) is 1.67. The van der Waals surface area contributed by atoms with Crippen LogP contribution in [0.5, 0.6) is 5.75 Å². The van der Waals surface area contributed by atoms with Crippen LogP contribution < -0.4 is 10.5 Å². The summed E-state index contributed by atoms with van der Waals surface area (Å²) >= 11 is 0. The van der Waals surface area contributed by atoms with E-state index in [-0.39, 0.29) is 12.5 Å². The van der Waals surface area contributed by atoms with Crippen molar-refractivity contribution in [3.63, 3.8) is 0 Å². The minimum atomic E-state index is -1.28. The standard InChI is InChI=1S/C15H23NO4/c1-11(10-15(2,16)14(17)18)20-13-6-4-12(5-7-13)8-9-19-3/h4-7,11H,8-10,16H2,1-3H3,(H,17,18). The molecule has 5 nitrogen and oxygen atoms in total. The van der Waals surface area contributed by atoms with E-state index < -0.39 is 11.5 Å². The Bertz CT molecular complexity index is 428. The second-order valence-corrected chi connectivity index (χ2v) is 5.24. The molecule has 3 N–H and O–H groups in total. The molecule has 0 amide bonds. The summed E-state index contributed by atoms with van der Waals surface area (Å²) in [5, 5.41) is 8.98. The second kappa shape index (κ2) is 7.26. The quantitative estimate of drug-likeness (QED) is 0.759. The lowest BCUT2D eigenvalue weighted by atomic mass is 9.96. The van der Waals surface area contributed by atoms with E-state index in [9.17, 15) is 4.79 Å². The fourth-order valence-corrected chi connectivity index (χ4v) is 1.91. The Balaban J connectivity index is 2.54. The molecule has 0 aromatic heterocycles. The monoisotopic (exact) mass is 281 g/mol. The van der Waals surface area contributed by atoms with Gasteiger partial charge >= 0.3 is 5.97 Å². The third-order valence-electron chi connectivity index (χ3n) is 3.06. The lowest BCUT2D eigenvalue weighted by molar-refractivity contribution is -0.143. The van der Waals surface area contributed by atoms with Crippen LogP contribution in [-0.4, -0.2) is 36.4 Å². The minimum absolute atomic E-state index is 0.244. The maximum Gasteiger partial charge on any atom is 0.323 e. The summed E-state index contributed by atoms with van der Waals surface area (Å²) < 4.78 is 10.7. The van der Waals surface area contributed by atoms with Crippen molar-refractivity contribution in [2.75, 3.05) is 13.7 Å². The molecular formula is C15H23NO4. The highest BCUT2D eigenvalue weighted by Gasteiger charge is 2.30. The number of benzene rings is 1. The van der Waals surface area contributed by atoms with Crippen molar-refractivity contribution in [2.45, 2.75) is 38.3 Å². The molecule has 0 radical (unpaired) electrons. The van der Waals surface area contributed by atoms with E-state index in [2.05, 4.69) is 0 Å². The van der Waals surface area contributed by atoms with Gasteiger partial charge in [-0.25, -0.2) is 0 Å². The summed E-state index contributed by atoms with van der Waals surface area (Å²) in [6, 6.07) is 7.69. The predicted molar refractivity (Wildman–Crippen MR) is 77.0 cm³/mol. The molecule has 0 fully saturated rings. The van der Waals surface area contributed by atoms with Crippen molar-refractivity contribution < 1.29 is 19.4 Å². The third kappa shape index (κ3) is 5.19. The van der Waals surface area contributed by atoms with E-state index in [1.165, 1.54) is 12.5 Å². The maximum atomic E-state index is 11.0. The van der Waals surface area contributed by atoms with Gasteiger partial charge in [-0.05, 0) is 38.0 Å². The highest BCUT2D eigenvalue weighted by Crippen LogP contribution is 2.18. The van der Waals surface area contributed by atoms with E-state index in [4.69, 9.17) is 20.3 Å². The van der Waals surface area contributed by atoms with Crippen LogP contribution in [0.4, 0.5) is 0 Å². The van der Waals surface area contributed by atoms with Gasteiger partial charge in [0.2, 0.25) is 0 Å². The Morgan fingerprint density at radius 2 is 2.00 bits per heavy atom. The fraction of sp³-hybridized carbons (Fsp3) is 0.533. The molecule has 20 heavy (non-hydrogen) atoms. The number of carboxylic acids is 1. The number of nitrogens with two attached hydrogens (primary N) is 1. The molecule has 0 aliphatic rings. The Morgan fingerprint density at radius 3 is 2.50 bits per heavy atom. The number of carboxylic acid groups (broad SMARTS) is 1. The number of rotatable bonds is 8. The molecule has 0 aliphatic carbocycles. The normalized spacial score (nSPS) is 15.4. The molecule has 0 saturated carbocycles. The number of carbonyl (C=O) groups is 1. The average Bonchev–Trinajstić information content (AvgIpc) is 2.37. The van der Waals surface area contributed by atoms with Crippen molar-refractivity contribution >= 4 is 5.97 Å². The van der Waals surface area contributed by atoms with Crippen LogP contribution in [0.25, 0.3) is 0 Å². The second-order valence-electron chi connectivity index (χ2n) is 5.24. The molecule has 2 unspecified atom stereocenters. The van der Waals surface area contributed by atoms with Crippen LogP contribution in [0, 0.1) is 0 Å². The van der Waals surface area contributed by atoms with Gasteiger partial charge in [-0.3, -0.25) is 4.79 Å². The van der Waals surface area contributed by atoms with Crippen molar-refractivity contribution in [1.82, 2.24) is 0 Å². The average molecular weight is 281 g/mol. The first-order chi connectivity index (χ1) is 9.35. The van der Waals surface area contributed by atoms with E-state index in [0.29, 0.717) is 12.4 Å². The summed E-state index contributed by atoms with van der Waals surface area (Å²) in [4.78, 5) is 11.0. The number of aliphatic carboxylic acids is 1. The minimum Gasteiger partial charge on any atom is -0.491 e. The van der Waals surface area contributed by atoms with Crippen molar-refractivity contribution in [1.29, 1.82) is 0 Å². The summed E-state index contributed by atoms with van der Waals surface area (Å²) in [6.45, 7) is 3.98. The molecule has 0 aliphatic heterocycles. The maximum absolute atomic E-state index is 11.0. The van der Waals surface area contributed by atoms with Crippen LogP contribution in [-0.2, 0) is 16.0 Å². The zero-order valence-electron chi connectivity index (χ0n) is 12.3. The zero-order chi connectivity index (χ0) is 15.2. The zero-order valence-corrected chi connectivity index (χ0v) is 12.3. The van der Waals surface area contributed by atoms with E-state index in [1.807, 2.05) is 31.2 Å². The van der Waals surface area contributed by atoms with E-state index in [0.717, 1.165) is 6.42 Å². The predicted octanol–water partition coefficient (Wildman–Crippen LogP) is 1.83. The molecule has 5 heteroatoms. The summed E-state index contributed by atoms with van der Waals surface area (Å²) in [5.74, 6) is -0.317. The number of hydrogen-bond acceptors (Lipinski definition) is 4. The molecule has 112 valence electrons. The molecule has 0 bridgehead atoms. The molecule has 1 aromatic rings. The SMILES string of the molecule is COCCc1ccc(OC(C)CC(C)(N)C(=O)O)cc1. The lowest BCUT2D eigenvalue weighted by Gasteiger charge is -2.24. The topological polar surface area (TPSA) is 81.8 Å². The first kappa shape index (κ1) is 16.5. The lowest BCUT2D eigenvalue weighted by Crippen LogP contribution is -2.47. The van der Waals surface area contributed by atoms with Gasteiger partial charge in [0.1, 0.15) is 11.3 Å². The Hall–Kier alpha value is -1.59. The highest BCUT2D eigenvalue weighted by molar-refractivity contribution is 5.77. The molecule has 0 saturated heterocycles. The number of hydrogen-bond donors (Lipinski definition) is 2. The van der Waals surface area contributed by atoms with Crippen LogP contribution in [0.3, 0.4) is 0 Å². The smallest absolute Gasteiger partial charge is 0.323 e. The fourth-order valence-electron chi connectivity index (χ4n) is 1.91. The summed E-state index contributed by atoms with van der Waals surface area (Å²) in [5.41, 5.74) is 5.59. The van der Waals surface area contributed by atoms with Gasteiger partial charge in [0, 0.05) is 13.5 Å². The molecule has 0 heterocycles. The van der Waals surface area contributed by atoms with E-state index in [1.54, 1.807) is 7.11 Å². The largest absolute Gasteiger partial charge is 0.491 e. The van der Waals surface area contributed by atoms with Crippen LogP contribution >= 0.6 is 0 Å². The summed E-state index contributed by atoms with van der Waals surface area (Å²) in [6.07, 6.45) is 0.825. The van der Waals surface area contributed by atoms with Gasteiger partial charge in [0.15, 0.2) is 0 Å². The molecular weight excluding hydrogens is 258 g/mol. The van der Waals surface area contributed by atoms with Gasteiger partial charge < -0.3 is 20.3 Å². The molecule has 1 rings (SSSR count). The molecule has 1 aromatic carbocycles. The first-order valence-electron chi connectivity index (χ1n) is 6.62. The van der Waals surface area contributed by atoms with Gasteiger partial charge in [-0.15, -0.1) is 0 Å². The van der Waals surface area contributed by atoms with Gasteiger partial charge in [-0.1, -0.05) is 12.1 Å². The Morgan fingerprint density at radius 1 is 1.40 bits per heavy atom. The molecule has 2 atom stereocenters. The Kier molecular flexibility index (Phi) is 5.98. The first-order valence-corrected chi connectivity index (χ1v) is 6.62. The number of methoxy groups -OCH3 is 1. The number of ether oxygens (including phenoxy) is 2.